The van der Waals surface area contributed by atoms with Gasteiger partial charge >= 0.3 is 11.9 Å². The van der Waals surface area contributed by atoms with Crippen molar-refractivity contribution in [2.45, 2.75) is 33.7 Å². The highest BCUT2D eigenvalue weighted by atomic mass is 16.5. The van der Waals surface area contributed by atoms with Crippen molar-refractivity contribution in [2.75, 3.05) is 13.2 Å². The smallest absolute Gasteiger partial charge is 0.355 e. The Hall–Kier alpha value is -3.55. The fourth-order valence-electron chi connectivity index (χ4n) is 3.24. The molecular weight excluding hydrogens is 388 g/mol. The molecule has 158 valence electrons. The van der Waals surface area contributed by atoms with E-state index in [1.807, 2.05) is 30.3 Å². The molecule has 0 unspecified atom stereocenters. The first-order valence-electron chi connectivity index (χ1n) is 9.63. The van der Waals surface area contributed by atoms with Crippen molar-refractivity contribution >= 4 is 28.8 Å². The van der Waals surface area contributed by atoms with E-state index >= 15 is 0 Å². The van der Waals surface area contributed by atoms with Crippen LogP contribution in [-0.4, -0.2) is 36.0 Å². The van der Waals surface area contributed by atoms with E-state index in [0.29, 0.717) is 17.0 Å². The molecule has 0 radical (unpaired) electrons. The van der Waals surface area contributed by atoms with E-state index in [2.05, 4.69) is 10.3 Å². The van der Waals surface area contributed by atoms with Gasteiger partial charge in [-0.3, -0.25) is 4.79 Å². The number of aryl methyl sites for hydroxylation is 1. The fraction of sp³-hybridized carbons (Fsp3) is 0.318. The Morgan fingerprint density at radius 3 is 2.57 bits per heavy atom. The van der Waals surface area contributed by atoms with Crippen molar-refractivity contribution in [2.24, 2.45) is 0 Å². The summed E-state index contributed by atoms with van der Waals surface area (Å²) < 4.78 is 15.8. The van der Waals surface area contributed by atoms with Crippen LogP contribution in [0.2, 0.25) is 0 Å². The van der Waals surface area contributed by atoms with Crippen LogP contribution in [0.1, 0.15) is 57.8 Å². The molecule has 1 atom stereocenters. The number of benzene rings is 1. The largest absolute Gasteiger partial charge is 0.461 e. The number of hydrogen-bond acceptors (Lipinski definition) is 6. The molecule has 0 bridgehead atoms. The van der Waals surface area contributed by atoms with Gasteiger partial charge in [-0.1, -0.05) is 18.2 Å². The molecule has 0 fully saturated rings. The van der Waals surface area contributed by atoms with Crippen LogP contribution in [0.4, 0.5) is 0 Å². The Balaban J connectivity index is 1.60. The number of ether oxygens (including phenoxy) is 2. The lowest BCUT2D eigenvalue weighted by Crippen LogP contribution is -2.31. The molecule has 8 nitrogen and oxygen atoms in total. The third kappa shape index (κ3) is 4.37. The minimum Gasteiger partial charge on any atom is -0.461 e. The number of rotatable bonds is 7. The zero-order valence-corrected chi connectivity index (χ0v) is 17.3. The predicted molar refractivity (Wildman–Crippen MR) is 109 cm³/mol. The highest BCUT2D eigenvalue weighted by Crippen LogP contribution is 2.23. The normalized spacial score (nSPS) is 11.9. The molecule has 1 amide bonds. The lowest BCUT2D eigenvalue weighted by atomic mass is 10.1. The van der Waals surface area contributed by atoms with Gasteiger partial charge in [-0.15, -0.1) is 0 Å². The van der Waals surface area contributed by atoms with E-state index in [-0.39, 0.29) is 17.9 Å². The van der Waals surface area contributed by atoms with Gasteiger partial charge in [0, 0.05) is 11.1 Å². The maximum Gasteiger partial charge on any atom is 0.355 e. The van der Waals surface area contributed by atoms with Crippen LogP contribution in [0.25, 0.3) is 11.0 Å². The maximum absolute atomic E-state index is 12.5. The van der Waals surface area contributed by atoms with Crippen LogP contribution < -0.4 is 5.32 Å². The number of carbonyl (C=O) groups is 3. The summed E-state index contributed by atoms with van der Waals surface area (Å²) in [6.45, 7) is 6.51. The monoisotopic (exact) mass is 412 g/mol. The number of hydrogen-bond donors (Lipinski definition) is 2. The van der Waals surface area contributed by atoms with Crippen LogP contribution in [0.5, 0.6) is 0 Å². The van der Waals surface area contributed by atoms with Gasteiger partial charge in [0.05, 0.1) is 18.2 Å². The molecule has 0 aliphatic heterocycles. The number of H-pyrrole nitrogens is 1. The zero-order valence-electron chi connectivity index (χ0n) is 17.3. The van der Waals surface area contributed by atoms with E-state index in [9.17, 15) is 14.4 Å². The minimum atomic E-state index is -0.691. The lowest BCUT2D eigenvalue weighted by molar-refractivity contribution is -0.125. The number of furan rings is 1. The maximum atomic E-state index is 12.5. The Morgan fingerprint density at radius 1 is 1.13 bits per heavy atom. The molecule has 0 saturated carbocycles. The Bertz CT molecular complexity index is 1060. The summed E-state index contributed by atoms with van der Waals surface area (Å²) >= 11 is 0. The van der Waals surface area contributed by atoms with Gasteiger partial charge in [-0.05, 0) is 45.4 Å². The average molecular weight is 412 g/mol. The standard InChI is InChI=1S/C22H24N2O6/c1-5-28-22(27)20-12(2)19(14(4)24-20)21(26)29-11-18(25)23-13(3)17-10-15-8-6-7-9-16(15)30-17/h6-10,13,24H,5,11H2,1-4H3,(H,23,25)/t13-/m0/s1. The van der Waals surface area contributed by atoms with Crippen LogP contribution in [-0.2, 0) is 14.3 Å². The van der Waals surface area contributed by atoms with Crippen molar-refractivity contribution in [1.29, 1.82) is 0 Å². The summed E-state index contributed by atoms with van der Waals surface area (Å²) in [6.07, 6.45) is 0. The summed E-state index contributed by atoms with van der Waals surface area (Å²) in [7, 11) is 0. The first kappa shape index (κ1) is 21.2. The van der Waals surface area contributed by atoms with E-state index in [1.54, 1.807) is 27.7 Å². The Labute approximate surface area is 173 Å². The van der Waals surface area contributed by atoms with Crippen LogP contribution in [0.15, 0.2) is 34.7 Å². The number of carbonyl (C=O) groups excluding carboxylic acids is 3. The molecule has 8 heteroatoms. The van der Waals surface area contributed by atoms with Gasteiger partial charge in [-0.25, -0.2) is 9.59 Å². The van der Waals surface area contributed by atoms with E-state index in [1.165, 1.54) is 0 Å². The second-order valence-corrected chi connectivity index (χ2v) is 6.90. The van der Waals surface area contributed by atoms with Gasteiger partial charge in [0.25, 0.3) is 5.91 Å². The Morgan fingerprint density at radius 2 is 1.87 bits per heavy atom. The molecule has 2 heterocycles. The van der Waals surface area contributed by atoms with Gasteiger partial charge in [0.1, 0.15) is 17.0 Å². The summed E-state index contributed by atoms with van der Waals surface area (Å²) in [5.41, 5.74) is 2.04. The summed E-state index contributed by atoms with van der Waals surface area (Å²) in [5.74, 6) is -1.10. The quantitative estimate of drug-likeness (QED) is 0.574. The number of esters is 2. The SMILES string of the molecule is CCOC(=O)c1[nH]c(C)c(C(=O)OCC(=O)N[C@@H](C)c2cc3ccccc3o2)c1C. The molecule has 0 saturated heterocycles. The molecule has 0 aliphatic rings. The van der Waals surface area contributed by atoms with Crippen LogP contribution in [0.3, 0.4) is 0 Å². The predicted octanol–water partition coefficient (Wildman–Crippen LogP) is 3.59. The number of aromatic amines is 1. The van der Waals surface area contributed by atoms with Crippen LogP contribution in [0, 0.1) is 13.8 Å². The van der Waals surface area contributed by atoms with Crippen molar-refractivity contribution in [3.8, 4) is 0 Å². The molecule has 30 heavy (non-hydrogen) atoms. The fourth-order valence-corrected chi connectivity index (χ4v) is 3.24. The first-order chi connectivity index (χ1) is 14.3. The van der Waals surface area contributed by atoms with E-state index < -0.39 is 30.5 Å². The topological polar surface area (TPSA) is 111 Å². The lowest BCUT2D eigenvalue weighted by Gasteiger charge is -2.11. The van der Waals surface area contributed by atoms with Crippen molar-refractivity contribution in [3.63, 3.8) is 0 Å². The highest BCUT2D eigenvalue weighted by molar-refractivity contribution is 5.99. The third-order valence-electron chi connectivity index (χ3n) is 4.70. The number of fused-ring (bicyclic) bond motifs is 1. The first-order valence-corrected chi connectivity index (χ1v) is 9.63. The van der Waals surface area contributed by atoms with Crippen molar-refractivity contribution in [1.82, 2.24) is 10.3 Å². The average Bonchev–Trinajstić information content (AvgIpc) is 3.27. The molecule has 3 rings (SSSR count). The third-order valence-corrected chi connectivity index (χ3v) is 4.70. The molecule has 0 spiro atoms. The molecular formula is C22H24N2O6. The van der Waals surface area contributed by atoms with Crippen molar-refractivity contribution < 1.29 is 28.3 Å². The number of aromatic nitrogens is 1. The summed E-state index contributed by atoms with van der Waals surface area (Å²) in [4.78, 5) is 39.5. The van der Waals surface area contributed by atoms with Gasteiger partial charge in [0.15, 0.2) is 6.61 Å². The zero-order chi connectivity index (χ0) is 21.8. The summed E-state index contributed by atoms with van der Waals surface area (Å²) in [5, 5.41) is 3.68. The number of nitrogens with one attached hydrogen (secondary N) is 2. The Kier molecular flexibility index (Phi) is 6.25. The second kappa shape index (κ2) is 8.86. The number of para-hydroxylation sites is 1. The molecule has 2 aromatic heterocycles. The minimum absolute atomic E-state index is 0.198. The van der Waals surface area contributed by atoms with Gasteiger partial charge < -0.3 is 24.2 Å². The van der Waals surface area contributed by atoms with E-state index in [0.717, 1.165) is 11.0 Å². The van der Waals surface area contributed by atoms with Crippen molar-refractivity contribution in [3.05, 3.63) is 58.6 Å². The van der Waals surface area contributed by atoms with Crippen LogP contribution >= 0.6 is 0 Å². The second-order valence-electron chi connectivity index (χ2n) is 6.90. The molecule has 2 N–H and O–H groups in total. The summed E-state index contributed by atoms with van der Waals surface area (Å²) in [6, 6.07) is 9.01. The van der Waals surface area contributed by atoms with E-state index in [4.69, 9.17) is 13.9 Å². The molecule has 1 aromatic carbocycles. The molecule has 0 aliphatic carbocycles. The number of amides is 1. The van der Waals surface area contributed by atoms with Gasteiger partial charge in [-0.2, -0.15) is 0 Å². The molecule has 3 aromatic rings. The highest BCUT2D eigenvalue weighted by Gasteiger charge is 2.24. The van der Waals surface area contributed by atoms with Gasteiger partial charge in [0.2, 0.25) is 0 Å².